The van der Waals surface area contributed by atoms with Crippen molar-refractivity contribution < 1.29 is 13.9 Å². The van der Waals surface area contributed by atoms with Gasteiger partial charge in [-0.25, -0.2) is 8.78 Å². The highest BCUT2D eigenvalue weighted by Crippen LogP contribution is 2.21. The van der Waals surface area contributed by atoms with E-state index in [0.717, 1.165) is 12.1 Å². The summed E-state index contributed by atoms with van der Waals surface area (Å²) in [7, 11) is 0. The average molecular weight is 193 g/mol. The third-order valence-corrected chi connectivity index (χ3v) is 1.77. The van der Waals surface area contributed by atoms with E-state index in [4.69, 9.17) is 16.7 Å². The third-order valence-electron chi connectivity index (χ3n) is 1.48. The number of hydrogen-bond donors (Lipinski definition) is 1. The molecule has 1 N–H and O–H groups in total. The van der Waals surface area contributed by atoms with Gasteiger partial charge in [0.1, 0.15) is 11.6 Å². The number of alkyl halides is 1. The molecule has 0 bridgehead atoms. The van der Waals surface area contributed by atoms with Gasteiger partial charge in [0.25, 0.3) is 0 Å². The number of rotatable bonds is 2. The Morgan fingerprint density at radius 2 is 1.83 bits per heavy atom. The summed E-state index contributed by atoms with van der Waals surface area (Å²) in [6.07, 6.45) is -1.28. The number of hydrogen-bond acceptors (Lipinski definition) is 1. The van der Waals surface area contributed by atoms with E-state index >= 15 is 0 Å². The second-order valence-corrected chi connectivity index (χ2v) is 2.61. The van der Waals surface area contributed by atoms with Crippen LogP contribution in [0.4, 0.5) is 8.78 Å². The molecule has 0 aliphatic rings. The van der Waals surface area contributed by atoms with E-state index in [-0.39, 0.29) is 11.4 Å². The van der Waals surface area contributed by atoms with Gasteiger partial charge in [-0.05, 0) is 12.1 Å². The molecule has 0 aliphatic carbocycles. The number of aliphatic hydroxyl groups excluding tert-OH is 1. The molecule has 0 aliphatic heterocycles. The first-order valence-corrected chi connectivity index (χ1v) is 3.88. The van der Waals surface area contributed by atoms with Gasteiger partial charge in [-0.3, -0.25) is 0 Å². The fourth-order valence-electron chi connectivity index (χ4n) is 0.906. The standard InChI is InChI=1S/C8H7ClF2O/c9-4-7(12)8-5(10)2-1-3-6(8)11/h1-3,7,12H,4H2/t7-/m0/s1. The fourth-order valence-corrected chi connectivity index (χ4v) is 1.06. The van der Waals surface area contributed by atoms with Gasteiger partial charge in [-0.15, -0.1) is 11.6 Å². The van der Waals surface area contributed by atoms with Crippen molar-refractivity contribution in [1.82, 2.24) is 0 Å². The Morgan fingerprint density at radius 3 is 2.25 bits per heavy atom. The van der Waals surface area contributed by atoms with Crippen LogP contribution in [-0.2, 0) is 0 Å². The molecular formula is C8H7ClF2O. The van der Waals surface area contributed by atoms with Crippen LogP contribution in [0.3, 0.4) is 0 Å². The van der Waals surface area contributed by atoms with Gasteiger partial charge in [-0.2, -0.15) is 0 Å². The van der Waals surface area contributed by atoms with Crippen molar-refractivity contribution in [3.05, 3.63) is 35.4 Å². The van der Waals surface area contributed by atoms with E-state index in [1.54, 1.807) is 0 Å². The summed E-state index contributed by atoms with van der Waals surface area (Å²) in [5.41, 5.74) is -0.368. The lowest BCUT2D eigenvalue weighted by Gasteiger charge is -2.08. The molecule has 1 atom stereocenters. The Balaban J connectivity index is 3.12. The quantitative estimate of drug-likeness (QED) is 0.713. The number of benzene rings is 1. The van der Waals surface area contributed by atoms with Crippen molar-refractivity contribution in [2.75, 3.05) is 5.88 Å². The van der Waals surface area contributed by atoms with Gasteiger partial charge in [0.15, 0.2) is 0 Å². The number of halogens is 3. The van der Waals surface area contributed by atoms with Crippen LogP contribution < -0.4 is 0 Å². The van der Waals surface area contributed by atoms with E-state index in [0.29, 0.717) is 0 Å². The first-order valence-electron chi connectivity index (χ1n) is 3.34. The molecule has 0 heterocycles. The van der Waals surface area contributed by atoms with E-state index in [1.807, 2.05) is 0 Å². The van der Waals surface area contributed by atoms with E-state index < -0.39 is 17.7 Å². The van der Waals surface area contributed by atoms with Crippen molar-refractivity contribution in [1.29, 1.82) is 0 Å². The topological polar surface area (TPSA) is 20.2 Å². The molecule has 12 heavy (non-hydrogen) atoms. The minimum absolute atomic E-state index is 0.224. The summed E-state index contributed by atoms with van der Waals surface area (Å²) in [5, 5.41) is 9.08. The lowest BCUT2D eigenvalue weighted by molar-refractivity contribution is 0.192. The SMILES string of the molecule is O[C@@H](CCl)c1c(F)cccc1F. The van der Waals surface area contributed by atoms with Gasteiger partial charge in [0.2, 0.25) is 0 Å². The zero-order valence-corrected chi connectivity index (χ0v) is 6.85. The van der Waals surface area contributed by atoms with Crippen molar-refractivity contribution in [2.24, 2.45) is 0 Å². The largest absolute Gasteiger partial charge is 0.387 e. The molecule has 0 unspecified atom stereocenters. The molecule has 0 spiro atoms. The third kappa shape index (κ3) is 1.73. The molecule has 0 radical (unpaired) electrons. The number of aliphatic hydroxyl groups is 1. The smallest absolute Gasteiger partial charge is 0.131 e. The monoisotopic (exact) mass is 192 g/mol. The van der Waals surface area contributed by atoms with Gasteiger partial charge in [0.05, 0.1) is 17.5 Å². The van der Waals surface area contributed by atoms with Crippen molar-refractivity contribution in [3.63, 3.8) is 0 Å². The van der Waals surface area contributed by atoms with Crippen LogP contribution >= 0.6 is 11.6 Å². The van der Waals surface area contributed by atoms with Crippen molar-refractivity contribution >= 4 is 11.6 Å². The molecular weight excluding hydrogens is 186 g/mol. The van der Waals surface area contributed by atoms with E-state index in [9.17, 15) is 8.78 Å². The highest BCUT2D eigenvalue weighted by Gasteiger charge is 2.15. The van der Waals surface area contributed by atoms with Crippen LogP contribution in [0.2, 0.25) is 0 Å². The van der Waals surface area contributed by atoms with Crippen LogP contribution in [0.1, 0.15) is 11.7 Å². The highest BCUT2D eigenvalue weighted by molar-refractivity contribution is 6.18. The molecule has 1 aromatic carbocycles. The minimum Gasteiger partial charge on any atom is -0.387 e. The Kier molecular flexibility index (Phi) is 3.00. The van der Waals surface area contributed by atoms with Crippen molar-refractivity contribution in [2.45, 2.75) is 6.10 Å². The van der Waals surface area contributed by atoms with Crippen LogP contribution in [0, 0.1) is 11.6 Å². The maximum Gasteiger partial charge on any atom is 0.131 e. The van der Waals surface area contributed by atoms with Gasteiger partial charge < -0.3 is 5.11 Å². The normalized spacial score (nSPS) is 13.0. The second kappa shape index (κ2) is 3.83. The molecule has 66 valence electrons. The first-order chi connectivity index (χ1) is 5.66. The van der Waals surface area contributed by atoms with E-state index in [1.165, 1.54) is 6.07 Å². The van der Waals surface area contributed by atoms with Crippen LogP contribution in [-0.4, -0.2) is 11.0 Å². The highest BCUT2D eigenvalue weighted by atomic mass is 35.5. The molecule has 0 saturated heterocycles. The summed E-state index contributed by atoms with van der Waals surface area (Å²) in [5.74, 6) is -1.77. The van der Waals surface area contributed by atoms with E-state index in [2.05, 4.69) is 0 Å². The molecule has 4 heteroatoms. The summed E-state index contributed by atoms with van der Waals surface area (Å²) < 4.78 is 25.7. The first kappa shape index (κ1) is 9.42. The molecule has 1 rings (SSSR count). The Bertz CT molecular complexity index is 258. The Morgan fingerprint density at radius 1 is 1.33 bits per heavy atom. The average Bonchev–Trinajstić information content (AvgIpc) is 2.03. The summed E-state index contributed by atoms with van der Waals surface area (Å²) in [6.45, 7) is 0. The summed E-state index contributed by atoms with van der Waals surface area (Å²) in [4.78, 5) is 0. The molecule has 0 aromatic heterocycles. The maximum absolute atomic E-state index is 12.8. The van der Waals surface area contributed by atoms with Gasteiger partial charge in [-0.1, -0.05) is 6.07 Å². The van der Waals surface area contributed by atoms with Crippen LogP contribution in [0.15, 0.2) is 18.2 Å². The molecule has 0 fully saturated rings. The molecule has 0 amide bonds. The zero-order chi connectivity index (χ0) is 9.14. The second-order valence-electron chi connectivity index (χ2n) is 2.31. The molecule has 1 aromatic rings. The van der Waals surface area contributed by atoms with Gasteiger partial charge in [0, 0.05) is 0 Å². The predicted octanol–water partition coefficient (Wildman–Crippen LogP) is 2.24. The van der Waals surface area contributed by atoms with Crippen molar-refractivity contribution in [3.8, 4) is 0 Å². The Hall–Kier alpha value is -0.670. The summed E-state index contributed by atoms with van der Waals surface area (Å²) in [6, 6.07) is 3.39. The lowest BCUT2D eigenvalue weighted by Crippen LogP contribution is -2.04. The maximum atomic E-state index is 12.8. The van der Waals surface area contributed by atoms with Gasteiger partial charge >= 0.3 is 0 Å². The minimum atomic E-state index is -1.28. The van der Waals surface area contributed by atoms with Crippen LogP contribution in [0.5, 0.6) is 0 Å². The lowest BCUT2D eigenvalue weighted by atomic mass is 10.1. The summed E-state index contributed by atoms with van der Waals surface area (Å²) >= 11 is 5.25. The molecule has 0 saturated carbocycles. The Labute approximate surface area is 73.6 Å². The zero-order valence-electron chi connectivity index (χ0n) is 6.10. The van der Waals surface area contributed by atoms with Crippen LogP contribution in [0.25, 0.3) is 0 Å². The predicted molar refractivity (Wildman–Crippen MR) is 42.0 cm³/mol. The fraction of sp³-hybridized carbons (Fsp3) is 0.250. The molecule has 1 nitrogen and oxygen atoms in total.